The summed E-state index contributed by atoms with van der Waals surface area (Å²) in [6, 6.07) is 15.4. The van der Waals surface area contributed by atoms with Gasteiger partial charge in [0, 0.05) is 0 Å². The number of rotatable bonds is 6. The second kappa shape index (κ2) is 8.97. The van der Waals surface area contributed by atoms with Crippen LogP contribution in [0.1, 0.15) is 66.8 Å². The van der Waals surface area contributed by atoms with Gasteiger partial charge >= 0.3 is 5.97 Å². The van der Waals surface area contributed by atoms with Gasteiger partial charge in [0.05, 0.1) is 35.5 Å². The molecule has 0 bridgehead atoms. The molecule has 34 heavy (non-hydrogen) atoms. The van der Waals surface area contributed by atoms with Crippen molar-refractivity contribution in [3.05, 3.63) is 94.4 Å². The lowest BCUT2D eigenvalue weighted by molar-refractivity contribution is -0.125. The Bertz CT molecular complexity index is 1280. The van der Waals surface area contributed by atoms with E-state index in [4.69, 9.17) is 9.15 Å². The zero-order valence-corrected chi connectivity index (χ0v) is 18.3. The van der Waals surface area contributed by atoms with E-state index in [0.717, 1.165) is 29.7 Å². The molecule has 1 N–H and O–H groups in total. The van der Waals surface area contributed by atoms with Crippen molar-refractivity contribution < 1.29 is 28.3 Å². The molecule has 0 radical (unpaired) electrons. The van der Waals surface area contributed by atoms with Crippen LogP contribution in [0.4, 0.5) is 0 Å². The number of benzene rings is 2. The van der Waals surface area contributed by atoms with Crippen molar-refractivity contribution in [3.8, 4) is 0 Å². The van der Waals surface area contributed by atoms with Gasteiger partial charge in [0.15, 0.2) is 6.61 Å². The highest BCUT2D eigenvalue weighted by atomic mass is 16.5. The summed E-state index contributed by atoms with van der Waals surface area (Å²) in [5.41, 5.74) is 2.73. The minimum Gasteiger partial charge on any atom is -0.467 e. The molecule has 2 heterocycles. The van der Waals surface area contributed by atoms with Crippen LogP contribution in [0.15, 0.2) is 65.3 Å². The number of carbonyl (C=O) groups excluding carboxylic acids is 4. The summed E-state index contributed by atoms with van der Waals surface area (Å²) in [7, 11) is 0. The minimum atomic E-state index is -0.744. The molecule has 2 aromatic carbocycles. The molecule has 2 aliphatic rings. The van der Waals surface area contributed by atoms with Crippen LogP contribution in [0.3, 0.4) is 0 Å². The van der Waals surface area contributed by atoms with Gasteiger partial charge in [-0.05, 0) is 60.7 Å². The molecule has 1 aliphatic carbocycles. The molecule has 0 fully saturated rings. The number of fused-ring (bicyclic) bond motifs is 2. The molecule has 0 saturated heterocycles. The smallest absolute Gasteiger partial charge is 0.338 e. The number of carbonyl (C=O) groups is 4. The van der Waals surface area contributed by atoms with Crippen molar-refractivity contribution >= 4 is 23.7 Å². The van der Waals surface area contributed by atoms with Gasteiger partial charge in [-0.15, -0.1) is 0 Å². The Morgan fingerprint density at radius 2 is 1.85 bits per heavy atom. The lowest BCUT2D eigenvalue weighted by atomic mass is 9.88. The largest absolute Gasteiger partial charge is 0.467 e. The molecule has 172 valence electrons. The van der Waals surface area contributed by atoms with Crippen molar-refractivity contribution in [1.29, 1.82) is 0 Å². The van der Waals surface area contributed by atoms with Crippen LogP contribution >= 0.6 is 0 Å². The van der Waals surface area contributed by atoms with Gasteiger partial charge in [-0.2, -0.15) is 0 Å². The Morgan fingerprint density at radius 3 is 2.68 bits per heavy atom. The molecule has 5 rings (SSSR count). The molecule has 3 amide bonds. The maximum atomic E-state index is 12.7. The SMILES string of the molecule is O=C(COC(=O)c1ccc2c(c1)C(=O)N(Cc1ccco1)C2=O)N[C@@H]1CCCc2ccccc21. The Morgan fingerprint density at radius 1 is 1.03 bits per heavy atom. The predicted molar refractivity (Wildman–Crippen MR) is 120 cm³/mol. The summed E-state index contributed by atoms with van der Waals surface area (Å²) in [6.45, 7) is -0.435. The first-order valence-electron chi connectivity index (χ1n) is 11.1. The van der Waals surface area contributed by atoms with Crippen molar-refractivity contribution in [1.82, 2.24) is 10.2 Å². The fourth-order valence-corrected chi connectivity index (χ4v) is 4.47. The summed E-state index contributed by atoms with van der Waals surface area (Å²) in [4.78, 5) is 51.4. The first-order chi connectivity index (χ1) is 16.5. The first kappa shape index (κ1) is 21.6. The van der Waals surface area contributed by atoms with Gasteiger partial charge in [0.1, 0.15) is 5.76 Å². The summed E-state index contributed by atoms with van der Waals surface area (Å²) in [6.07, 6.45) is 4.24. The molecule has 0 unspecified atom stereocenters. The molecule has 3 aromatic rings. The molecule has 1 aliphatic heterocycles. The topological polar surface area (TPSA) is 106 Å². The van der Waals surface area contributed by atoms with Gasteiger partial charge in [-0.3, -0.25) is 19.3 Å². The Kier molecular flexibility index (Phi) is 5.71. The highest BCUT2D eigenvalue weighted by molar-refractivity contribution is 6.21. The van der Waals surface area contributed by atoms with E-state index in [1.807, 2.05) is 18.2 Å². The summed E-state index contributed by atoms with van der Waals surface area (Å²) in [5, 5.41) is 2.93. The Labute approximate surface area is 195 Å². The predicted octanol–water partition coefficient (Wildman–Crippen LogP) is 3.43. The first-order valence-corrected chi connectivity index (χ1v) is 11.1. The van der Waals surface area contributed by atoms with Crippen LogP contribution in [-0.2, 0) is 22.5 Å². The van der Waals surface area contributed by atoms with E-state index in [0.29, 0.717) is 5.76 Å². The number of amides is 3. The van der Waals surface area contributed by atoms with Crippen LogP contribution in [-0.4, -0.2) is 35.2 Å². The lowest BCUT2D eigenvalue weighted by Crippen LogP contribution is -2.34. The number of aryl methyl sites for hydroxylation is 1. The number of esters is 1. The summed E-state index contributed by atoms with van der Waals surface area (Å²) in [5.74, 6) is -1.64. The average molecular weight is 458 g/mol. The maximum absolute atomic E-state index is 12.7. The number of furan rings is 1. The third kappa shape index (κ3) is 4.10. The van der Waals surface area contributed by atoms with Crippen LogP contribution < -0.4 is 5.32 Å². The maximum Gasteiger partial charge on any atom is 0.338 e. The van der Waals surface area contributed by atoms with E-state index in [2.05, 4.69) is 11.4 Å². The fraction of sp³-hybridized carbons (Fsp3) is 0.231. The zero-order valence-electron chi connectivity index (χ0n) is 18.3. The molecule has 8 nitrogen and oxygen atoms in total. The molecule has 1 aromatic heterocycles. The molecule has 0 saturated carbocycles. The van der Waals surface area contributed by atoms with Crippen LogP contribution in [0.2, 0.25) is 0 Å². The van der Waals surface area contributed by atoms with Crippen molar-refractivity contribution in [2.75, 3.05) is 6.61 Å². The number of ether oxygens (including phenoxy) is 1. The number of hydrogen-bond acceptors (Lipinski definition) is 6. The lowest BCUT2D eigenvalue weighted by Gasteiger charge is -2.26. The van der Waals surface area contributed by atoms with E-state index in [1.54, 1.807) is 12.1 Å². The van der Waals surface area contributed by atoms with E-state index in [1.165, 1.54) is 30.0 Å². The highest BCUT2D eigenvalue weighted by Crippen LogP contribution is 2.29. The second-order valence-corrected chi connectivity index (χ2v) is 8.32. The number of nitrogens with zero attached hydrogens (tertiary/aromatic N) is 1. The second-order valence-electron chi connectivity index (χ2n) is 8.32. The third-order valence-corrected chi connectivity index (χ3v) is 6.14. The number of nitrogens with one attached hydrogen (secondary N) is 1. The third-order valence-electron chi connectivity index (χ3n) is 6.14. The van der Waals surface area contributed by atoms with Gasteiger partial charge < -0.3 is 14.5 Å². The summed E-state index contributed by atoms with van der Waals surface area (Å²) < 4.78 is 10.4. The zero-order chi connectivity index (χ0) is 23.7. The van der Waals surface area contributed by atoms with Gasteiger partial charge in [-0.25, -0.2) is 4.79 Å². The number of imide groups is 1. The van der Waals surface area contributed by atoms with Crippen LogP contribution in [0.25, 0.3) is 0 Å². The van der Waals surface area contributed by atoms with E-state index >= 15 is 0 Å². The standard InChI is InChI=1S/C26H22N2O6/c29-23(27-22-9-3-6-16-5-1-2-8-19(16)22)15-34-26(32)17-10-11-20-21(13-17)25(31)28(24(20)30)14-18-7-4-12-33-18/h1-2,4-5,7-8,10-13,22H,3,6,9,14-15H2,(H,27,29)/t22-/m1/s1. The quantitative estimate of drug-likeness (QED) is 0.448. The normalized spacial score (nSPS) is 16.7. The van der Waals surface area contributed by atoms with Crippen LogP contribution in [0, 0.1) is 0 Å². The molecule has 1 atom stereocenters. The molecular weight excluding hydrogens is 436 g/mol. The molecule has 0 spiro atoms. The van der Waals surface area contributed by atoms with E-state index in [9.17, 15) is 19.2 Å². The van der Waals surface area contributed by atoms with Crippen molar-refractivity contribution in [2.24, 2.45) is 0 Å². The Hall–Kier alpha value is -4.20. The average Bonchev–Trinajstić information content (AvgIpc) is 3.45. The number of hydrogen-bond donors (Lipinski definition) is 1. The van der Waals surface area contributed by atoms with E-state index < -0.39 is 30.3 Å². The monoisotopic (exact) mass is 458 g/mol. The molecular formula is C26H22N2O6. The van der Waals surface area contributed by atoms with Gasteiger partial charge in [-0.1, -0.05) is 24.3 Å². The van der Waals surface area contributed by atoms with Gasteiger partial charge in [0.25, 0.3) is 17.7 Å². The Balaban J connectivity index is 1.21. The van der Waals surface area contributed by atoms with Gasteiger partial charge in [0.2, 0.25) is 0 Å². The van der Waals surface area contributed by atoms with Crippen molar-refractivity contribution in [3.63, 3.8) is 0 Å². The minimum absolute atomic E-state index is 0.00356. The summed E-state index contributed by atoms with van der Waals surface area (Å²) >= 11 is 0. The van der Waals surface area contributed by atoms with Crippen LogP contribution in [0.5, 0.6) is 0 Å². The van der Waals surface area contributed by atoms with E-state index in [-0.39, 0.29) is 29.3 Å². The van der Waals surface area contributed by atoms with Crippen molar-refractivity contribution in [2.45, 2.75) is 31.8 Å². The molecule has 8 heteroatoms. The highest BCUT2D eigenvalue weighted by Gasteiger charge is 2.36. The fourth-order valence-electron chi connectivity index (χ4n) is 4.47.